The fourth-order valence-corrected chi connectivity index (χ4v) is 3.72. The van der Waals surface area contributed by atoms with Gasteiger partial charge < -0.3 is 20.5 Å². The molecular weight excluding hydrogens is 460 g/mol. The molecule has 4 rings (SSSR count). The molecular formula is C26H28N6O4. The second kappa shape index (κ2) is 11.2. The minimum Gasteiger partial charge on any atom is -0.497 e. The molecule has 0 saturated heterocycles. The van der Waals surface area contributed by atoms with Gasteiger partial charge in [-0.2, -0.15) is 4.98 Å². The minimum absolute atomic E-state index is 0.0903. The molecule has 0 aliphatic rings. The zero-order valence-corrected chi connectivity index (χ0v) is 20.2. The van der Waals surface area contributed by atoms with E-state index in [-0.39, 0.29) is 19.0 Å². The van der Waals surface area contributed by atoms with Gasteiger partial charge in [-0.1, -0.05) is 30.3 Å². The van der Waals surface area contributed by atoms with Crippen LogP contribution in [0.25, 0.3) is 0 Å². The van der Waals surface area contributed by atoms with Crippen molar-refractivity contribution in [3.05, 3.63) is 105 Å². The molecule has 186 valence electrons. The summed E-state index contributed by atoms with van der Waals surface area (Å²) in [4.78, 5) is 34.7. The van der Waals surface area contributed by atoms with Crippen LogP contribution in [0.5, 0.6) is 11.5 Å². The third-order valence-corrected chi connectivity index (χ3v) is 5.80. The quantitative estimate of drug-likeness (QED) is 0.348. The summed E-state index contributed by atoms with van der Waals surface area (Å²) in [6, 6.07) is 18.4. The van der Waals surface area contributed by atoms with E-state index in [1.165, 1.54) is 4.57 Å². The number of rotatable bonds is 10. The lowest BCUT2D eigenvalue weighted by Gasteiger charge is -2.16. The van der Waals surface area contributed by atoms with E-state index in [2.05, 4.69) is 15.3 Å². The Morgan fingerprint density at radius 1 is 0.889 bits per heavy atom. The maximum Gasteiger partial charge on any atom is 0.355 e. The summed E-state index contributed by atoms with van der Waals surface area (Å²) in [6.45, 7) is 0.662. The zero-order valence-electron chi connectivity index (χ0n) is 20.2. The Balaban J connectivity index is 1.65. The summed E-state index contributed by atoms with van der Waals surface area (Å²) < 4.78 is 13.0. The first-order valence-electron chi connectivity index (χ1n) is 11.4. The predicted octanol–water partition coefficient (Wildman–Crippen LogP) is 2.30. The lowest BCUT2D eigenvalue weighted by Crippen LogP contribution is -2.43. The van der Waals surface area contributed by atoms with Gasteiger partial charge in [-0.25, -0.2) is 19.1 Å². The summed E-state index contributed by atoms with van der Waals surface area (Å²) in [5.74, 6) is 1.98. The number of hydrogen-bond acceptors (Lipinski definition) is 8. The zero-order chi connectivity index (χ0) is 25.5. The molecule has 3 N–H and O–H groups in total. The normalized spacial score (nSPS) is 10.7. The van der Waals surface area contributed by atoms with Gasteiger partial charge in [-0.3, -0.25) is 4.57 Å². The number of hydrogen-bond donors (Lipinski definition) is 2. The van der Waals surface area contributed by atoms with E-state index >= 15 is 0 Å². The third kappa shape index (κ3) is 5.72. The second-order valence-electron chi connectivity index (χ2n) is 8.09. The molecule has 0 amide bonds. The van der Waals surface area contributed by atoms with Crippen molar-refractivity contribution in [2.45, 2.75) is 26.1 Å². The molecule has 36 heavy (non-hydrogen) atoms. The van der Waals surface area contributed by atoms with Crippen molar-refractivity contribution < 1.29 is 9.47 Å². The van der Waals surface area contributed by atoms with Crippen LogP contribution in [0.1, 0.15) is 16.7 Å². The fraction of sp³-hybridized carbons (Fsp3) is 0.231. The molecule has 0 unspecified atom stereocenters. The number of anilines is 2. The van der Waals surface area contributed by atoms with Crippen molar-refractivity contribution in [3.8, 4) is 11.5 Å². The van der Waals surface area contributed by atoms with Crippen LogP contribution in [-0.2, 0) is 26.1 Å². The molecule has 0 fully saturated rings. The molecule has 0 aliphatic carbocycles. The van der Waals surface area contributed by atoms with Gasteiger partial charge in [-0.15, -0.1) is 0 Å². The third-order valence-electron chi connectivity index (χ3n) is 5.80. The maximum absolute atomic E-state index is 13.5. The van der Waals surface area contributed by atoms with Crippen LogP contribution < -0.4 is 31.9 Å². The molecule has 10 heteroatoms. The molecule has 0 spiro atoms. The smallest absolute Gasteiger partial charge is 0.355 e. The van der Waals surface area contributed by atoms with Gasteiger partial charge in [0.25, 0.3) is 0 Å². The minimum atomic E-state index is -0.641. The molecule has 2 heterocycles. The number of ether oxygens (including phenoxy) is 2. The van der Waals surface area contributed by atoms with E-state index in [4.69, 9.17) is 15.2 Å². The number of pyridine rings is 1. The number of aromatic nitrogens is 4. The summed E-state index contributed by atoms with van der Waals surface area (Å²) in [6.07, 6.45) is 2.15. The average molecular weight is 489 g/mol. The Morgan fingerprint density at radius 2 is 1.53 bits per heavy atom. The predicted molar refractivity (Wildman–Crippen MR) is 138 cm³/mol. The molecule has 10 nitrogen and oxygen atoms in total. The number of nitrogens with zero attached hydrogens (tertiary/aromatic N) is 4. The number of methoxy groups -OCH3 is 2. The van der Waals surface area contributed by atoms with E-state index in [9.17, 15) is 9.59 Å². The fourth-order valence-electron chi connectivity index (χ4n) is 3.72. The van der Waals surface area contributed by atoms with Crippen LogP contribution in [0.15, 0.2) is 76.4 Å². The Hall–Kier alpha value is -4.60. The van der Waals surface area contributed by atoms with Crippen LogP contribution in [0.3, 0.4) is 0 Å². The highest BCUT2D eigenvalue weighted by Crippen LogP contribution is 2.14. The highest BCUT2D eigenvalue weighted by Gasteiger charge is 2.14. The molecule has 0 radical (unpaired) electrons. The van der Waals surface area contributed by atoms with Gasteiger partial charge in [0.1, 0.15) is 17.3 Å². The van der Waals surface area contributed by atoms with Gasteiger partial charge in [-0.05, 0) is 47.9 Å². The topological polar surface area (TPSA) is 126 Å². The maximum atomic E-state index is 13.5. The first-order valence-corrected chi connectivity index (χ1v) is 11.4. The molecule has 2 aromatic carbocycles. The van der Waals surface area contributed by atoms with Crippen molar-refractivity contribution in [1.82, 2.24) is 19.1 Å². The van der Waals surface area contributed by atoms with Crippen molar-refractivity contribution in [1.29, 1.82) is 0 Å². The van der Waals surface area contributed by atoms with Crippen LogP contribution in [0.2, 0.25) is 0 Å². The van der Waals surface area contributed by atoms with Crippen LogP contribution in [0, 0.1) is 0 Å². The van der Waals surface area contributed by atoms with E-state index in [0.29, 0.717) is 24.5 Å². The first kappa shape index (κ1) is 24.5. The van der Waals surface area contributed by atoms with Gasteiger partial charge in [0.05, 0.1) is 20.8 Å². The van der Waals surface area contributed by atoms with Crippen molar-refractivity contribution in [3.63, 3.8) is 0 Å². The summed E-state index contributed by atoms with van der Waals surface area (Å²) in [5, 5.41) is 3.09. The van der Waals surface area contributed by atoms with E-state index < -0.39 is 11.4 Å². The highest BCUT2D eigenvalue weighted by molar-refractivity contribution is 5.41. The van der Waals surface area contributed by atoms with Gasteiger partial charge >= 0.3 is 11.4 Å². The second-order valence-corrected chi connectivity index (χ2v) is 8.09. The van der Waals surface area contributed by atoms with Gasteiger partial charge in [0, 0.05) is 24.8 Å². The number of benzene rings is 2. The summed E-state index contributed by atoms with van der Waals surface area (Å²) in [5.41, 5.74) is 7.37. The van der Waals surface area contributed by atoms with Crippen LogP contribution in [0.4, 0.5) is 11.8 Å². The number of nitrogen functional groups attached to an aromatic ring is 1. The number of aryl methyl sites for hydroxylation is 1. The monoisotopic (exact) mass is 488 g/mol. The van der Waals surface area contributed by atoms with Crippen LogP contribution >= 0.6 is 0 Å². The molecule has 0 aliphatic heterocycles. The largest absolute Gasteiger partial charge is 0.497 e. The first-order chi connectivity index (χ1) is 17.5. The summed E-state index contributed by atoms with van der Waals surface area (Å²) >= 11 is 0. The number of nitrogens with one attached hydrogen (secondary N) is 1. The highest BCUT2D eigenvalue weighted by atomic mass is 16.5. The Kier molecular flexibility index (Phi) is 7.64. The van der Waals surface area contributed by atoms with E-state index in [0.717, 1.165) is 27.0 Å². The van der Waals surface area contributed by atoms with Gasteiger partial charge in [0.2, 0.25) is 5.95 Å². The Morgan fingerprint density at radius 3 is 2.14 bits per heavy atom. The Bertz CT molecular complexity index is 1430. The van der Waals surface area contributed by atoms with Crippen LogP contribution in [-0.4, -0.2) is 33.3 Å². The van der Waals surface area contributed by atoms with Crippen molar-refractivity contribution in [2.75, 3.05) is 25.3 Å². The average Bonchev–Trinajstić information content (AvgIpc) is 2.90. The lowest BCUT2D eigenvalue weighted by atomic mass is 10.1. The molecule has 4 aromatic rings. The number of nitrogens with two attached hydrogens (primary N) is 1. The molecule has 0 bridgehead atoms. The van der Waals surface area contributed by atoms with E-state index in [1.54, 1.807) is 38.6 Å². The van der Waals surface area contributed by atoms with Gasteiger partial charge in [0.15, 0.2) is 0 Å². The molecule has 0 atom stereocenters. The standard InChI is InChI=1S/C26H28N6O4/c1-35-21-9-5-18(6-10-21)13-15-31-24(29-16-20-4-3-14-28-23(20)27)30-25(33)32(26(31)34)17-19-7-11-22(36-2)12-8-19/h3-12,14H,13,15-17H2,1-2H3,(H2,27,28)(H,29,30,33). The molecule has 0 saturated carbocycles. The lowest BCUT2D eigenvalue weighted by molar-refractivity contribution is 0.414. The summed E-state index contributed by atoms with van der Waals surface area (Å²) in [7, 11) is 3.19. The van der Waals surface area contributed by atoms with E-state index in [1.807, 2.05) is 42.5 Å². The SMILES string of the molecule is COc1ccc(CCn2c(NCc3cccnc3N)nc(=O)n(Cc3ccc(OC)cc3)c2=O)cc1. The Labute approximate surface area is 208 Å². The van der Waals surface area contributed by atoms with Crippen molar-refractivity contribution in [2.24, 2.45) is 0 Å². The molecule has 2 aromatic heterocycles. The van der Waals surface area contributed by atoms with Crippen molar-refractivity contribution >= 4 is 11.8 Å².